The van der Waals surface area contributed by atoms with Gasteiger partial charge in [0.05, 0.1) is 18.6 Å². The Hall–Kier alpha value is -2.95. The van der Waals surface area contributed by atoms with Crippen molar-refractivity contribution in [2.24, 2.45) is 0 Å². The third-order valence-corrected chi connectivity index (χ3v) is 5.80. The van der Waals surface area contributed by atoms with Gasteiger partial charge in [-0.05, 0) is 37.3 Å². The van der Waals surface area contributed by atoms with E-state index in [0.717, 1.165) is 0 Å². The number of rotatable bonds is 11. The van der Waals surface area contributed by atoms with Crippen molar-refractivity contribution < 1.29 is 27.2 Å². The number of methoxy groups -OCH3 is 1. The van der Waals surface area contributed by atoms with Crippen LogP contribution < -0.4 is 14.2 Å². The van der Waals surface area contributed by atoms with Crippen LogP contribution in [0.4, 0.5) is 0 Å². The predicted octanol–water partition coefficient (Wildman–Crippen LogP) is 2.87. The highest BCUT2D eigenvalue weighted by atomic mass is 32.2. The molecule has 10 heteroatoms. The summed E-state index contributed by atoms with van der Waals surface area (Å²) < 4.78 is 50.1. The van der Waals surface area contributed by atoms with Crippen LogP contribution in [0.25, 0.3) is 0 Å². The van der Waals surface area contributed by atoms with E-state index in [9.17, 15) is 8.42 Å². The molecule has 1 atom stereocenters. The van der Waals surface area contributed by atoms with E-state index >= 15 is 0 Å². The summed E-state index contributed by atoms with van der Waals surface area (Å²) in [6.45, 7) is 4.99. The second-order valence-corrected chi connectivity index (χ2v) is 8.20. The molecular formula is C21H25N3O6S. The molecule has 1 aromatic heterocycles. The van der Waals surface area contributed by atoms with E-state index in [1.54, 1.807) is 43.3 Å². The van der Waals surface area contributed by atoms with Gasteiger partial charge in [0.1, 0.15) is 24.1 Å². The number of aromatic nitrogens is 2. The first-order valence-corrected chi connectivity index (χ1v) is 11.2. The van der Waals surface area contributed by atoms with Crippen LogP contribution in [0.3, 0.4) is 0 Å². The zero-order valence-corrected chi connectivity index (χ0v) is 18.4. The lowest BCUT2D eigenvalue weighted by atomic mass is 10.1. The molecule has 1 heterocycles. The summed E-state index contributed by atoms with van der Waals surface area (Å²) in [4.78, 5) is 4.29. The van der Waals surface area contributed by atoms with Gasteiger partial charge in [0.25, 0.3) is 0 Å². The Morgan fingerprint density at radius 2 is 1.84 bits per heavy atom. The van der Waals surface area contributed by atoms with Gasteiger partial charge in [-0.15, -0.1) is 0 Å². The van der Waals surface area contributed by atoms with Crippen molar-refractivity contribution >= 4 is 10.0 Å². The molecule has 0 amide bonds. The number of ether oxygens (including phenoxy) is 3. The van der Waals surface area contributed by atoms with Crippen LogP contribution >= 0.6 is 0 Å². The Kier molecular flexibility index (Phi) is 7.61. The smallest absolute Gasteiger partial charge is 0.241 e. The molecule has 166 valence electrons. The van der Waals surface area contributed by atoms with Gasteiger partial charge in [0.2, 0.25) is 15.9 Å². The molecule has 0 unspecified atom stereocenters. The van der Waals surface area contributed by atoms with E-state index in [0.29, 0.717) is 42.8 Å². The molecule has 0 aliphatic rings. The number of nitrogens with one attached hydrogen (secondary N) is 1. The van der Waals surface area contributed by atoms with Crippen molar-refractivity contribution in [1.29, 1.82) is 0 Å². The minimum atomic E-state index is -3.92. The first-order chi connectivity index (χ1) is 14.9. The van der Waals surface area contributed by atoms with Gasteiger partial charge in [-0.25, -0.2) is 8.42 Å². The quantitative estimate of drug-likeness (QED) is 0.447. The first-order valence-electron chi connectivity index (χ1n) is 9.70. The normalized spacial score (nSPS) is 12.5. The molecule has 0 bridgehead atoms. The van der Waals surface area contributed by atoms with Gasteiger partial charge in [-0.2, -0.15) is 9.71 Å². The largest absolute Gasteiger partial charge is 0.496 e. The van der Waals surface area contributed by atoms with E-state index in [1.807, 2.05) is 6.92 Å². The van der Waals surface area contributed by atoms with Crippen molar-refractivity contribution in [1.82, 2.24) is 14.9 Å². The molecule has 0 spiro atoms. The number of sulfonamides is 1. The van der Waals surface area contributed by atoms with E-state index < -0.39 is 16.1 Å². The summed E-state index contributed by atoms with van der Waals surface area (Å²) in [5.74, 6) is 1.55. The Bertz CT molecular complexity index is 1080. The molecule has 0 saturated carbocycles. The molecule has 0 fully saturated rings. The monoisotopic (exact) mass is 447 g/mol. The third kappa shape index (κ3) is 5.81. The summed E-state index contributed by atoms with van der Waals surface area (Å²) >= 11 is 0. The van der Waals surface area contributed by atoms with Crippen molar-refractivity contribution in [2.45, 2.75) is 24.8 Å². The molecule has 9 nitrogen and oxygen atoms in total. The van der Waals surface area contributed by atoms with E-state index in [1.165, 1.54) is 19.2 Å². The highest BCUT2D eigenvalue weighted by Crippen LogP contribution is 2.30. The molecule has 31 heavy (non-hydrogen) atoms. The van der Waals surface area contributed by atoms with Gasteiger partial charge in [-0.1, -0.05) is 23.4 Å². The lowest BCUT2D eigenvalue weighted by Gasteiger charge is -2.18. The fourth-order valence-electron chi connectivity index (χ4n) is 2.89. The second-order valence-electron chi connectivity index (χ2n) is 6.48. The number of hydrogen-bond donors (Lipinski definition) is 1. The Morgan fingerprint density at radius 3 is 2.48 bits per heavy atom. The average Bonchev–Trinajstić information content (AvgIpc) is 3.21. The second kappa shape index (κ2) is 10.4. The number of nitrogens with zero attached hydrogens (tertiary/aromatic N) is 2. The van der Waals surface area contributed by atoms with Crippen molar-refractivity contribution in [3.05, 3.63) is 65.8 Å². The highest BCUT2D eigenvalue weighted by molar-refractivity contribution is 7.89. The summed E-state index contributed by atoms with van der Waals surface area (Å²) in [7, 11) is -2.41. The van der Waals surface area contributed by atoms with E-state index in [-0.39, 0.29) is 10.7 Å². The molecule has 1 N–H and O–H groups in total. The minimum Gasteiger partial charge on any atom is -0.496 e. The van der Waals surface area contributed by atoms with E-state index in [4.69, 9.17) is 18.7 Å². The summed E-state index contributed by atoms with van der Waals surface area (Å²) in [6, 6.07) is 12.3. The minimum absolute atomic E-state index is 0.0739. The fourth-order valence-corrected chi connectivity index (χ4v) is 4.07. The van der Waals surface area contributed by atoms with Crippen molar-refractivity contribution in [3.63, 3.8) is 0 Å². The molecular weight excluding hydrogens is 422 g/mol. The highest BCUT2D eigenvalue weighted by Gasteiger charge is 2.28. The van der Waals surface area contributed by atoms with Gasteiger partial charge >= 0.3 is 0 Å². The molecule has 0 saturated heterocycles. The Balaban J connectivity index is 1.85. The molecule has 0 aliphatic carbocycles. The number of aryl methyl sites for hydroxylation is 1. The van der Waals surface area contributed by atoms with Gasteiger partial charge < -0.3 is 18.7 Å². The molecule has 3 rings (SSSR count). The lowest BCUT2D eigenvalue weighted by Crippen LogP contribution is -2.30. The SMILES string of the molecule is CCOCCOc1ccc(S(=O)(=O)N[C@H](c2noc(C)n2)c2ccccc2OC)cc1. The standard InChI is InChI=1S/C21H25N3O6S/c1-4-28-13-14-29-16-9-11-17(12-10-16)31(25,26)24-20(21-22-15(2)30-23-21)18-7-5-6-8-19(18)27-3/h5-12,20,24H,4,13-14H2,1-3H3/t20-/m0/s1. The van der Waals surface area contributed by atoms with Gasteiger partial charge in [-0.3, -0.25) is 0 Å². The van der Waals surface area contributed by atoms with Crippen molar-refractivity contribution in [2.75, 3.05) is 26.9 Å². The molecule has 0 radical (unpaired) electrons. The van der Waals surface area contributed by atoms with Crippen LogP contribution in [0, 0.1) is 6.92 Å². The van der Waals surface area contributed by atoms with Crippen LogP contribution in [0.5, 0.6) is 11.5 Å². The average molecular weight is 448 g/mol. The first kappa shape index (κ1) is 22.7. The fraction of sp³-hybridized carbons (Fsp3) is 0.333. The van der Waals surface area contributed by atoms with Gasteiger partial charge in [0, 0.05) is 19.1 Å². The summed E-state index contributed by atoms with van der Waals surface area (Å²) in [6.07, 6.45) is 0. The lowest BCUT2D eigenvalue weighted by molar-refractivity contribution is 0.110. The predicted molar refractivity (Wildman–Crippen MR) is 113 cm³/mol. The molecule has 3 aromatic rings. The number of benzene rings is 2. The zero-order chi connectivity index (χ0) is 22.3. The third-order valence-electron chi connectivity index (χ3n) is 4.36. The summed E-state index contributed by atoms with van der Waals surface area (Å²) in [5.41, 5.74) is 0.560. The molecule has 0 aliphatic heterocycles. The van der Waals surface area contributed by atoms with Crippen LogP contribution in [0.2, 0.25) is 0 Å². The maximum atomic E-state index is 13.1. The van der Waals surface area contributed by atoms with Crippen LogP contribution in [0.1, 0.15) is 30.2 Å². The van der Waals surface area contributed by atoms with E-state index in [2.05, 4.69) is 14.9 Å². The van der Waals surface area contributed by atoms with Crippen LogP contribution in [-0.4, -0.2) is 45.5 Å². The van der Waals surface area contributed by atoms with Crippen LogP contribution in [-0.2, 0) is 14.8 Å². The maximum Gasteiger partial charge on any atom is 0.241 e. The Morgan fingerprint density at radius 1 is 1.10 bits per heavy atom. The van der Waals surface area contributed by atoms with Gasteiger partial charge in [0.15, 0.2) is 5.82 Å². The zero-order valence-electron chi connectivity index (χ0n) is 17.6. The summed E-state index contributed by atoms with van der Waals surface area (Å²) in [5, 5.41) is 3.91. The number of para-hydroxylation sites is 1. The maximum absolute atomic E-state index is 13.1. The molecule has 2 aromatic carbocycles. The Labute approximate surface area is 181 Å². The topological polar surface area (TPSA) is 113 Å². The van der Waals surface area contributed by atoms with Crippen molar-refractivity contribution in [3.8, 4) is 11.5 Å². The number of hydrogen-bond acceptors (Lipinski definition) is 8. The van der Waals surface area contributed by atoms with Crippen LogP contribution in [0.15, 0.2) is 57.9 Å².